The number of aliphatic hydroxyl groups excluding tert-OH is 1. The Bertz CT molecular complexity index is 706. The average molecular weight is 324 g/mol. The van der Waals surface area contributed by atoms with E-state index < -0.39 is 17.8 Å². The van der Waals surface area contributed by atoms with E-state index >= 15 is 0 Å². The Kier molecular flexibility index (Phi) is 5.00. The predicted molar refractivity (Wildman–Crippen MR) is 81.5 cm³/mol. The maximum Gasteiger partial charge on any atom is 0.251 e. The first-order valence-corrected chi connectivity index (χ1v) is 6.97. The van der Waals surface area contributed by atoms with E-state index in [2.05, 4.69) is 5.32 Å². The van der Waals surface area contributed by atoms with Crippen LogP contribution in [0.4, 0.5) is 4.39 Å². The molecule has 1 atom stereocenters. The van der Waals surface area contributed by atoms with E-state index in [-0.39, 0.29) is 22.9 Å². The zero-order valence-corrected chi connectivity index (χ0v) is 12.6. The molecule has 2 rings (SSSR count). The molecule has 2 aromatic carbocycles. The highest BCUT2D eigenvalue weighted by molar-refractivity contribution is 6.30. The Balaban J connectivity index is 2.00. The number of carbonyl (C=O) groups excluding carboxylic acids is 1. The zero-order chi connectivity index (χ0) is 16.3. The second-order valence-corrected chi connectivity index (χ2v) is 5.31. The van der Waals surface area contributed by atoms with E-state index in [0.717, 1.165) is 6.07 Å². The molecule has 1 unspecified atom stereocenters. The summed E-state index contributed by atoms with van der Waals surface area (Å²) in [4.78, 5) is 11.9. The van der Waals surface area contributed by atoms with E-state index in [1.54, 1.807) is 19.1 Å². The van der Waals surface area contributed by atoms with Crippen molar-refractivity contribution in [2.75, 3.05) is 6.54 Å². The van der Waals surface area contributed by atoms with Crippen molar-refractivity contribution in [2.24, 2.45) is 0 Å². The van der Waals surface area contributed by atoms with Gasteiger partial charge in [-0.25, -0.2) is 4.39 Å². The lowest BCUT2D eigenvalue weighted by molar-refractivity contribution is 0.0916. The summed E-state index contributed by atoms with van der Waals surface area (Å²) in [7, 11) is 0. The van der Waals surface area contributed by atoms with Crippen molar-refractivity contribution in [2.45, 2.75) is 13.0 Å². The van der Waals surface area contributed by atoms with Crippen LogP contribution in [0.5, 0.6) is 5.75 Å². The van der Waals surface area contributed by atoms with Gasteiger partial charge in [-0.15, -0.1) is 0 Å². The van der Waals surface area contributed by atoms with Crippen LogP contribution in [0.3, 0.4) is 0 Å². The Morgan fingerprint density at radius 1 is 1.32 bits per heavy atom. The predicted octanol–water partition coefficient (Wildman–Crippen LogP) is 2.96. The lowest BCUT2D eigenvalue weighted by Crippen LogP contribution is -2.28. The molecule has 0 aliphatic heterocycles. The fourth-order valence-corrected chi connectivity index (χ4v) is 2.00. The molecular formula is C16H15ClFNO3. The smallest absolute Gasteiger partial charge is 0.251 e. The summed E-state index contributed by atoms with van der Waals surface area (Å²) in [5.41, 5.74) is 1.25. The van der Waals surface area contributed by atoms with Gasteiger partial charge in [0.25, 0.3) is 5.91 Å². The molecule has 0 spiro atoms. The number of amides is 1. The number of phenols is 1. The molecular weight excluding hydrogens is 309 g/mol. The minimum absolute atomic E-state index is 0.0213. The number of aryl methyl sites for hydroxylation is 1. The Labute approximate surface area is 132 Å². The number of halogens is 2. The summed E-state index contributed by atoms with van der Waals surface area (Å²) < 4.78 is 13.3. The summed E-state index contributed by atoms with van der Waals surface area (Å²) in [5, 5.41) is 22.0. The highest BCUT2D eigenvalue weighted by Crippen LogP contribution is 2.20. The molecule has 0 heterocycles. The molecule has 4 nitrogen and oxygen atoms in total. The summed E-state index contributed by atoms with van der Waals surface area (Å²) in [6.45, 7) is 1.63. The summed E-state index contributed by atoms with van der Waals surface area (Å²) in [5.74, 6) is -1.05. The Hall–Kier alpha value is -2.11. The molecule has 0 saturated heterocycles. The van der Waals surface area contributed by atoms with Crippen LogP contribution in [0.1, 0.15) is 27.6 Å². The summed E-state index contributed by atoms with van der Waals surface area (Å²) in [6.07, 6.45) is -1.06. The number of nitrogens with one attached hydrogen (secondary N) is 1. The van der Waals surface area contributed by atoms with Crippen molar-refractivity contribution in [1.29, 1.82) is 0 Å². The van der Waals surface area contributed by atoms with E-state index in [9.17, 15) is 19.4 Å². The summed E-state index contributed by atoms with van der Waals surface area (Å²) in [6, 6.07) is 8.49. The van der Waals surface area contributed by atoms with Gasteiger partial charge in [0.1, 0.15) is 11.6 Å². The molecule has 116 valence electrons. The van der Waals surface area contributed by atoms with Gasteiger partial charge in [0, 0.05) is 12.1 Å². The molecule has 0 fully saturated rings. The van der Waals surface area contributed by atoms with Crippen LogP contribution in [0, 0.1) is 12.7 Å². The molecule has 3 N–H and O–H groups in total. The van der Waals surface area contributed by atoms with Gasteiger partial charge in [0.05, 0.1) is 11.1 Å². The third-order valence-electron chi connectivity index (χ3n) is 3.26. The van der Waals surface area contributed by atoms with Crippen molar-refractivity contribution < 1.29 is 19.4 Å². The molecule has 0 aromatic heterocycles. The maximum atomic E-state index is 13.3. The number of aromatic hydroxyl groups is 1. The molecule has 0 saturated carbocycles. The lowest BCUT2D eigenvalue weighted by Gasteiger charge is -2.13. The van der Waals surface area contributed by atoms with E-state index in [0.29, 0.717) is 11.1 Å². The lowest BCUT2D eigenvalue weighted by atomic mass is 10.1. The number of hydrogen-bond acceptors (Lipinski definition) is 3. The van der Waals surface area contributed by atoms with Crippen molar-refractivity contribution in [1.82, 2.24) is 5.32 Å². The van der Waals surface area contributed by atoms with E-state index in [1.165, 1.54) is 18.2 Å². The summed E-state index contributed by atoms with van der Waals surface area (Å²) >= 11 is 5.57. The van der Waals surface area contributed by atoms with Crippen LogP contribution in [-0.4, -0.2) is 22.7 Å². The number of rotatable bonds is 4. The molecule has 6 heteroatoms. The molecule has 0 aliphatic rings. The fraction of sp³-hybridized carbons (Fsp3) is 0.188. The first-order chi connectivity index (χ1) is 10.4. The van der Waals surface area contributed by atoms with Crippen molar-refractivity contribution in [3.8, 4) is 5.75 Å². The van der Waals surface area contributed by atoms with Crippen LogP contribution in [-0.2, 0) is 0 Å². The monoisotopic (exact) mass is 323 g/mol. The number of aliphatic hydroxyl groups is 1. The quantitative estimate of drug-likeness (QED) is 0.810. The first kappa shape index (κ1) is 16.3. The standard InChI is InChI=1S/C16H15ClFNO3/c1-9-2-3-11(7-14(9)20)16(22)19-8-15(21)10-4-5-12(17)13(18)6-10/h2-7,15,20-21H,8H2,1H3,(H,19,22). The fourth-order valence-electron chi connectivity index (χ4n) is 1.88. The molecule has 22 heavy (non-hydrogen) atoms. The van der Waals surface area contributed by atoms with Gasteiger partial charge in [-0.05, 0) is 42.3 Å². The molecule has 0 radical (unpaired) electrons. The van der Waals surface area contributed by atoms with Gasteiger partial charge in [0.2, 0.25) is 0 Å². The second-order valence-electron chi connectivity index (χ2n) is 4.90. The van der Waals surface area contributed by atoms with Gasteiger partial charge in [0.15, 0.2) is 0 Å². The Morgan fingerprint density at radius 3 is 2.68 bits per heavy atom. The minimum Gasteiger partial charge on any atom is -0.508 e. The van der Waals surface area contributed by atoms with Crippen molar-refractivity contribution in [3.05, 3.63) is 63.9 Å². The van der Waals surface area contributed by atoms with Crippen LogP contribution in [0.2, 0.25) is 5.02 Å². The molecule has 1 amide bonds. The van der Waals surface area contributed by atoms with Gasteiger partial charge >= 0.3 is 0 Å². The normalized spacial score (nSPS) is 12.0. The first-order valence-electron chi connectivity index (χ1n) is 6.59. The number of hydrogen-bond donors (Lipinski definition) is 3. The van der Waals surface area contributed by atoms with Gasteiger partial charge < -0.3 is 15.5 Å². The number of phenolic OH excluding ortho intramolecular Hbond substituents is 1. The number of benzene rings is 2. The van der Waals surface area contributed by atoms with Crippen LogP contribution < -0.4 is 5.32 Å². The molecule has 0 aliphatic carbocycles. The third kappa shape index (κ3) is 3.75. The SMILES string of the molecule is Cc1ccc(C(=O)NCC(O)c2ccc(Cl)c(F)c2)cc1O. The second kappa shape index (κ2) is 6.77. The minimum atomic E-state index is -1.06. The van der Waals surface area contributed by atoms with E-state index in [4.69, 9.17) is 11.6 Å². The topological polar surface area (TPSA) is 69.6 Å². The largest absolute Gasteiger partial charge is 0.508 e. The van der Waals surface area contributed by atoms with Gasteiger partial charge in [-0.1, -0.05) is 23.7 Å². The van der Waals surface area contributed by atoms with Gasteiger partial charge in [-0.3, -0.25) is 4.79 Å². The van der Waals surface area contributed by atoms with Crippen LogP contribution in [0.25, 0.3) is 0 Å². The van der Waals surface area contributed by atoms with E-state index in [1.807, 2.05) is 0 Å². The highest BCUT2D eigenvalue weighted by atomic mass is 35.5. The third-order valence-corrected chi connectivity index (χ3v) is 3.56. The van der Waals surface area contributed by atoms with Crippen LogP contribution in [0.15, 0.2) is 36.4 Å². The van der Waals surface area contributed by atoms with Crippen LogP contribution >= 0.6 is 11.6 Å². The Morgan fingerprint density at radius 2 is 2.05 bits per heavy atom. The highest BCUT2D eigenvalue weighted by Gasteiger charge is 2.13. The average Bonchev–Trinajstić information content (AvgIpc) is 2.50. The maximum absolute atomic E-state index is 13.3. The number of carbonyl (C=O) groups is 1. The van der Waals surface area contributed by atoms with Crippen molar-refractivity contribution >= 4 is 17.5 Å². The van der Waals surface area contributed by atoms with Crippen molar-refractivity contribution in [3.63, 3.8) is 0 Å². The molecule has 2 aromatic rings. The molecule has 0 bridgehead atoms. The van der Waals surface area contributed by atoms with Gasteiger partial charge in [-0.2, -0.15) is 0 Å². The zero-order valence-electron chi connectivity index (χ0n) is 11.8.